The van der Waals surface area contributed by atoms with E-state index in [0.717, 1.165) is 0 Å². The summed E-state index contributed by atoms with van der Waals surface area (Å²) in [5, 5.41) is 5.98. The Kier molecular flexibility index (Phi) is 6.73. The van der Waals surface area contributed by atoms with E-state index >= 15 is 0 Å². The van der Waals surface area contributed by atoms with Gasteiger partial charge in [-0.2, -0.15) is 0 Å². The molecule has 0 spiro atoms. The first-order chi connectivity index (χ1) is 9.27. The first-order valence-corrected chi connectivity index (χ1v) is 5.57. The van der Waals surface area contributed by atoms with Crippen molar-refractivity contribution in [2.45, 2.75) is 0 Å². The highest BCUT2D eigenvalue weighted by atomic mass is 16.5. The van der Waals surface area contributed by atoms with Crippen molar-refractivity contribution in [2.75, 3.05) is 31.7 Å². The lowest BCUT2D eigenvalue weighted by molar-refractivity contribution is 0.0919. The Morgan fingerprint density at radius 3 is 3.00 bits per heavy atom. The van der Waals surface area contributed by atoms with Crippen LogP contribution in [0.15, 0.2) is 23.4 Å². The number of amides is 1. The van der Waals surface area contributed by atoms with E-state index in [1.165, 1.54) is 6.20 Å². The largest absolute Gasteiger partial charge is 0.379 e. The van der Waals surface area contributed by atoms with E-state index in [0.29, 0.717) is 31.1 Å². The second kappa shape index (κ2) is 8.70. The van der Waals surface area contributed by atoms with Gasteiger partial charge in [-0.1, -0.05) is 5.11 Å². The van der Waals surface area contributed by atoms with Gasteiger partial charge in [-0.15, -0.1) is 0 Å². The minimum absolute atomic E-state index is 0.241. The number of carbonyl (C=O) groups excluding carboxylic acids is 1. The van der Waals surface area contributed by atoms with E-state index in [9.17, 15) is 4.79 Å². The van der Waals surface area contributed by atoms with Gasteiger partial charge in [-0.3, -0.25) is 4.79 Å². The first-order valence-electron chi connectivity index (χ1n) is 5.57. The molecule has 0 bridgehead atoms. The van der Waals surface area contributed by atoms with E-state index in [2.05, 4.69) is 25.8 Å². The molecule has 0 saturated heterocycles. The Labute approximate surface area is 109 Å². The highest BCUT2D eigenvalue weighted by Gasteiger charge is 2.04. The van der Waals surface area contributed by atoms with E-state index in [-0.39, 0.29) is 12.5 Å². The van der Waals surface area contributed by atoms with Crippen LogP contribution in [0.1, 0.15) is 10.4 Å². The Balaban J connectivity index is 2.21. The molecule has 0 aromatic carbocycles. The molecule has 0 aliphatic rings. The summed E-state index contributed by atoms with van der Waals surface area (Å²) in [6, 6.07) is 3.21. The number of hydrazine groups is 1. The van der Waals surface area contributed by atoms with Gasteiger partial charge in [-0.25, -0.2) is 10.8 Å². The van der Waals surface area contributed by atoms with Crippen LogP contribution in [0.3, 0.4) is 0 Å². The molecule has 0 atom stereocenters. The predicted molar refractivity (Wildman–Crippen MR) is 69.2 cm³/mol. The lowest BCUT2D eigenvalue weighted by Gasteiger charge is -2.06. The second-order valence-corrected chi connectivity index (χ2v) is 3.40. The van der Waals surface area contributed by atoms with Crippen molar-refractivity contribution in [1.29, 1.82) is 0 Å². The van der Waals surface area contributed by atoms with Gasteiger partial charge in [0.15, 0.2) is 0 Å². The highest BCUT2D eigenvalue weighted by molar-refractivity contribution is 5.93. The fourth-order valence-corrected chi connectivity index (χ4v) is 1.20. The van der Waals surface area contributed by atoms with Crippen LogP contribution >= 0.6 is 0 Å². The summed E-state index contributed by atoms with van der Waals surface area (Å²) in [6.45, 7) is 1.33. The zero-order chi connectivity index (χ0) is 13.9. The number of pyridine rings is 1. The van der Waals surface area contributed by atoms with E-state index in [4.69, 9.17) is 16.1 Å². The van der Waals surface area contributed by atoms with Crippen LogP contribution in [0.5, 0.6) is 0 Å². The number of ether oxygens (including phenoxy) is 1. The smallest absolute Gasteiger partial charge is 0.252 e. The molecule has 0 aliphatic heterocycles. The van der Waals surface area contributed by atoms with Gasteiger partial charge in [0.1, 0.15) is 5.82 Å². The van der Waals surface area contributed by atoms with Gasteiger partial charge in [-0.05, 0) is 17.7 Å². The summed E-state index contributed by atoms with van der Waals surface area (Å²) in [4.78, 5) is 18.2. The number of nitrogens with two attached hydrogens (primary N) is 1. The minimum Gasteiger partial charge on any atom is -0.379 e. The topological polar surface area (TPSA) is 138 Å². The standard InChI is InChI=1S/C10H15N7O2/c11-16-9-2-1-8(7-14-9)10(18)13-3-5-19-6-4-15-17-12/h1-2,7H,3-6,11H2,(H,13,18)(H,14,16). The van der Waals surface area contributed by atoms with Crippen LogP contribution in [0.2, 0.25) is 0 Å². The molecule has 1 rings (SSSR count). The number of rotatable bonds is 8. The molecule has 1 amide bonds. The second-order valence-electron chi connectivity index (χ2n) is 3.40. The van der Waals surface area contributed by atoms with E-state index in [1.54, 1.807) is 12.1 Å². The molecule has 0 radical (unpaired) electrons. The van der Waals surface area contributed by atoms with Crippen molar-refractivity contribution >= 4 is 11.7 Å². The molecule has 102 valence electrons. The third-order valence-corrected chi connectivity index (χ3v) is 2.10. The molecule has 0 aliphatic carbocycles. The average molecular weight is 265 g/mol. The van der Waals surface area contributed by atoms with E-state index < -0.39 is 0 Å². The Morgan fingerprint density at radius 2 is 2.37 bits per heavy atom. The molecule has 9 heteroatoms. The van der Waals surface area contributed by atoms with Crippen LogP contribution in [-0.2, 0) is 4.74 Å². The zero-order valence-electron chi connectivity index (χ0n) is 10.2. The summed E-state index contributed by atoms with van der Waals surface area (Å²) in [7, 11) is 0. The Hall–Kier alpha value is -2.35. The maximum atomic E-state index is 11.7. The lowest BCUT2D eigenvalue weighted by atomic mass is 10.2. The molecule has 4 N–H and O–H groups in total. The molecular formula is C10H15N7O2. The number of azide groups is 1. The minimum atomic E-state index is -0.241. The molecule has 1 aromatic rings. The zero-order valence-corrected chi connectivity index (χ0v) is 10.2. The van der Waals surface area contributed by atoms with Crippen molar-refractivity contribution in [3.05, 3.63) is 34.3 Å². The van der Waals surface area contributed by atoms with Crippen molar-refractivity contribution in [3.8, 4) is 0 Å². The summed E-state index contributed by atoms with van der Waals surface area (Å²) in [5.41, 5.74) is 10.8. The molecule has 9 nitrogen and oxygen atoms in total. The van der Waals surface area contributed by atoms with E-state index in [1.807, 2.05) is 0 Å². The van der Waals surface area contributed by atoms with Gasteiger partial charge in [0.05, 0.1) is 18.8 Å². The third-order valence-electron chi connectivity index (χ3n) is 2.10. The molecular weight excluding hydrogens is 250 g/mol. The lowest BCUT2D eigenvalue weighted by Crippen LogP contribution is -2.27. The summed E-state index contributed by atoms with van der Waals surface area (Å²) < 4.78 is 5.14. The summed E-state index contributed by atoms with van der Waals surface area (Å²) >= 11 is 0. The van der Waals surface area contributed by atoms with Crippen LogP contribution < -0.4 is 16.6 Å². The van der Waals surface area contributed by atoms with Crippen LogP contribution in [-0.4, -0.2) is 37.2 Å². The molecule has 1 heterocycles. The predicted octanol–water partition coefficient (Wildman–Crippen LogP) is 0.424. The number of nitrogens with one attached hydrogen (secondary N) is 2. The van der Waals surface area contributed by atoms with Crippen molar-refractivity contribution in [3.63, 3.8) is 0 Å². The fourth-order valence-electron chi connectivity index (χ4n) is 1.20. The van der Waals surface area contributed by atoms with Gasteiger partial charge in [0.25, 0.3) is 5.91 Å². The first kappa shape index (κ1) is 14.7. The molecule has 0 saturated carbocycles. The van der Waals surface area contributed by atoms with Gasteiger partial charge in [0, 0.05) is 24.2 Å². The number of carbonyl (C=O) groups is 1. The molecule has 0 unspecified atom stereocenters. The normalized spacial score (nSPS) is 9.53. The SMILES string of the molecule is [N-]=[N+]=NCCOCCNC(=O)c1ccc(NN)nc1. The summed E-state index contributed by atoms with van der Waals surface area (Å²) in [5.74, 6) is 5.41. The highest BCUT2D eigenvalue weighted by Crippen LogP contribution is 2.02. The number of hydrogen-bond acceptors (Lipinski definition) is 6. The Morgan fingerprint density at radius 1 is 1.53 bits per heavy atom. The van der Waals surface area contributed by atoms with Gasteiger partial charge >= 0.3 is 0 Å². The maximum Gasteiger partial charge on any atom is 0.252 e. The number of nitrogen functional groups attached to an aromatic ring is 1. The number of hydrogen-bond donors (Lipinski definition) is 3. The molecule has 19 heavy (non-hydrogen) atoms. The fraction of sp³-hybridized carbons (Fsp3) is 0.400. The third kappa shape index (κ3) is 5.68. The van der Waals surface area contributed by atoms with Gasteiger partial charge < -0.3 is 15.5 Å². The van der Waals surface area contributed by atoms with Crippen LogP contribution in [0, 0.1) is 0 Å². The van der Waals surface area contributed by atoms with Crippen molar-refractivity contribution in [1.82, 2.24) is 10.3 Å². The quantitative estimate of drug-likeness (QED) is 0.156. The molecule has 1 aromatic heterocycles. The average Bonchev–Trinajstić information content (AvgIpc) is 2.46. The van der Waals surface area contributed by atoms with Gasteiger partial charge in [0.2, 0.25) is 0 Å². The van der Waals surface area contributed by atoms with Crippen molar-refractivity contribution in [2.24, 2.45) is 11.0 Å². The monoisotopic (exact) mass is 265 g/mol. The molecule has 0 fully saturated rings. The maximum absolute atomic E-state index is 11.7. The van der Waals surface area contributed by atoms with Crippen LogP contribution in [0.4, 0.5) is 5.82 Å². The Bertz CT molecular complexity index is 442. The number of anilines is 1. The number of aromatic nitrogens is 1. The van der Waals surface area contributed by atoms with Crippen molar-refractivity contribution < 1.29 is 9.53 Å². The number of nitrogens with zero attached hydrogens (tertiary/aromatic N) is 4. The van der Waals surface area contributed by atoms with Crippen LogP contribution in [0.25, 0.3) is 10.4 Å². The summed E-state index contributed by atoms with van der Waals surface area (Å²) in [6.07, 6.45) is 1.42.